The summed E-state index contributed by atoms with van der Waals surface area (Å²) in [6, 6.07) is 8.51. The van der Waals surface area contributed by atoms with Crippen molar-refractivity contribution in [2.24, 2.45) is 5.73 Å². The highest BCUT2D eigenvalue weighted by Gasteiger charge is 2.29. The Hall–Kier alpha value is -2.57. The van der Waals surface area contributed by atoms with Gasteiger partial charge in [-0.15, -0.1) is 12.4 Å². The van der Waals surface area contributed by atoms with E-state index in [1.54, 1.807) is 18.3 Å². The average molecular weight is 347 g/mol. The first-order chi connectivity index (χ1) is 11.2. The number of nitrogens with two attached hydrogens (primary N) is 1. The van der Waals surface area contributed by atoms with Crippen molar-refractivity contribution in [3.05, 3.63) is 47.9 Å². The summed E-state index contributed by atoms with van der Waals surface area (Å²) in [5.41, 5.74) is 8.87. The number of amides is 1. The van der Waals surface area contributed by atoms with Crippen LogP contribution in [0.15, 0.2) is 36.5 Å². The first kappa shape index (κ1) is 16.3. The summed E-state index contributed by atoms with van der Waals surface area (Å²) < 4.78 is 14.4. The molecule has 0 unspecified atom stereocenters. The van der Waals surface area contributed by atoms with Gasteiger partial charge in [0.15, 0.2) is 0 Å². The molecule has 0 saturated carbocycles. The third-order valence-corrected chi connectivity index (χ3v) is 4.06. The normalized spacial score (nSPS) is 12.2. The maximum atomic E-state index is 14.4. The molecule has 0 spiro atoms. The van der Waals surface area contributed by atoms with Gasteiger partial charge in [0.25, 0.3) is 5.91 Å². The third kappa shape index (κ3) is 2.31. The van der Waals surface area contributed by atoms with Crippen LogP contribution >= 0.6 is 12.4 Å². The molecule has 2 aromatic carbocycles. The fourth-order valence-corrected chi connectivity index (χ4v) is 3.10. The smallest absolute Gasteiger partial charge is 0.257 e. The number of rotatable bonds is 4. The maximum absolute atomic E-state index is 14.4. The molecule has 4 rings (SSSR count). The molecule has 0 bridgehead atoms. The molecule has 5 nitrogen and oxygen atoms in total. The molecule has 1 amide bonds. The number of H-pyrrole nitrogens is 1. The van der Waals surface area contributed by atoms with Crippen LogP contribution in [0, 0.1) is 5.82 Å². The first-order valence-electron chi connectivity index (χ1n) is 7.39. The summed E-state index contributed by atoms with van der Waals surface area (Å²) in [7, 11) is 0. The lowest BCUT2D eigenvalue weighted by Gasteiger charge is -2.14. The topological polar surface area (TPSA) is 82.9 Å². The van der Waals surface area contributed by atoms with Gasteiger partial charge in [0, 0.05) is 52.7 Å². The van der Waals surface area contributed by atoms with E-state index in [9.17, 15) is 9.18 Å². The predicted molar refractivity (Wildman–Crippen MR) is 96.4 cm³/mol. The Morgan fingerprint density at radius 3 is 2.75 bits per heavy atom. The second-order valence-corrected chi connectivity index (χ2v) is 5.45. The molecule has 0 aliphatic carbocycles. The molecule has 0 fully saturated rings. The number of hydrogen-bond donors (Lipinski definition) is 4. The zero-order valence-corrected chi connectivity index (χ0v) is 13.5. The second-order valence-electron chi connectivity index (χ2n) is 5.45. The third-order valence-electron chi connectivity index (χ3n) is 4.06. The summed E-state index contributed by atoms with van der Waals surface area (Å²) in [6.45, 7) is 0.948. The van der Waals surface area contributed by atoms with Gasteiger partial charge in [-0.1, -0.05) is 0 Å². The lowest BCUT2D eigenvalue weighted by atomic mass is 9.96. The minimum atomic E-state index is -0.362. The van der Waals surface area contributed by atoms with Gasteiger partial charge in [-0.05, 0) is 30.3 Å². The lowest BCUT2D eigenvalue weighted by Crippen LogP contribution is -2.14. The molecule has 3 aromatic rings. The second kappa shape index (κ2) is 6.14. The van der Waals surface area contributed by atoms with Crippen LogP contribution in [0.3, 0.4) is 0 Å². The molecule has 0 saturated heterocycles. The van der Waals surface area contributed by atoms with Gasteiger partial charge >= 0.3 is 0 Å². The van der Waals surface area contributed by atoms with Gasteiger partial charge in [0.05, 0.1) is 5.56 Å². The summed E-state index contributed by atoms with van der Waals surface area (Å²) >= 11 is 0. The Morgan fingerprint density at radius 1 is 1.21 bits per heavy atom. The molecule has 7 heteroatoms. The standard InChI is InChI=1S/C17H15FN4O.ClH/c18-10-3-4-12-16-14(17(23)22-12)9(11-2-1-6-20-11)8-13(15(10)16)21-7-5-19;/h1-4,6,8,20-21H,5,7,19H2,(H,22,23);1H. The van der Waals surface area contributed by atoms with Crippen LogP contribution in [0.25, 0.3) is 22.0 Å². The Morgan fingerprint density at radius 2 is 2.04 bits per heavy atom. The Labute approximate surface area is 143 Å². The summed E-state index contributed by atoms with van der Waals surface area (Å²) in [5.74, 6) is -0.579. The minimum Gasteiger partial charge on any atom is -0.383 e. The van der Waals surface area contributed by atoms with Gasteiger partial charge in [-0.25, -0.2) is 4.39 Å². The highest BCUT2D eigenvalue weighted by atomic mass is 35.5. The van der Waals surface area contributed by atoms with Crippen molar-refractivity contribution in [1.29, 1.82) is 0 Å². The van der Waals surface area contributed by atoms with E-state index in [1.807, 2.05) is 12.1 Å². The van der Waals surface area contributed by atoms with Gasteiger partial charge in [0.2, 0.25) is 0 Å². The number of aromatic nitrogens is 1. The van der Waals surface area contributed by atoms with Gasteiger partial charge < -0.3 is 21.4 Å². The van der Waals surface area contributed by atoms with Crippen molar-refractivity contribution in [2.75, 3.05) is 23.7 Å². The van der Waals surface area contributed by atoms with Crippen molar-refractivity contribution in [2.45, 2.75) is 0 Å². The highest BCUT2D eigenvalue weighted by Crippen LogP contribution is 2.43. The van der Waals surface area contributed by atoms with E-state index < -0.39 is 0 Å². The van der Waals surface area contributed by atoms with Crippen LogP contribution in [0.1, 0.15) is 10.4 Å². The zero-order valence-electron chi connectivity index (χ0n) is 12.7. The lowest BCUT2D eigenvalue weighted by molar-refractivity contribution is 0.103. The van der Waals surface area contributed by atoms with Crippen molar-refractivity contribution in [3.8, 4) is 11.3 Å². The fourth-order valence-electron chi connectivity index (χ4n) is 3.10. The first-order valence-corrected chi connectivity index (χ1v) is 7.39. The van der Waals surface area contributed by atoms with E-state index in [1.165, 1.54) is 6.07 Å². The number of carbonyl (C=O) groups is 1. The van der Waals surface area contributed by atoms with Crippen LogP contribution in [0.2, 0.25) is 0 Å². The van der Waals surface area contributed by atoms with Crippen LogP contribution < -0.4 is 16.4 Å². The minimum absolute atomic E-state index is 0. The van der Waals surface area contributed by atoms with Crippen molar-refractivity contribution >= 4 is 40.5 Å². The van der Waals surface area contributed by atoms with E-state index in [4.69, 9.17) is 5.73 Å². The van der Waals surface area contributed by atoms with E-state index in [2.05, 4.69) is 15.6 Å². The van der Waals surface area contributed by atoms with Crippen LogP contribution in [-0.2, 0) is 0 Å². The van der Waals surface area contributed by atoms with Crippen LogP contribution in [0.4, 0.5) is 15.8 Å². The Balaban J connectivity index is 0.00000169. The molecule has 124 valence electrons. The molecule has 2 heterocycles. The number of halogens is 2. The van der Waals surface area contributed by atoms with Gasteiger partial charge in [0.1, 0.15) is 5.82 Å². The highest BCUT2D eigenvalue weighted by molar-refractivity contribution is 6.28. The number of hydrogen-bond acceptors (Lipinski definition) is 3. The Kier molecular flexibility index (Phi) is 4.17. The number of nitrogens with one attached hydrogen (secondary N) is 3. The molecule has 0 atom stereocenters. The molecule has 0 radical (unpaired) electrons. The van der Waals surface area contributed by atoms with Crippen molar-refractivity contribution in [3.63, 3.8) is 0 Å². The molecule has 1 aliphatic heterocycles. The molecular formula is C17H16ClFN4O. The molecule has 1 aromatic heterocycles. The quantitative estimate of drug-likeness (QED) is 0.584. The summed E-state index contributed by atoms with van der Waals surface area (Å²) in [5, 5.41) is 7.00. The average Bonchev–Trinajstić information content (AvgIpc) is 3.18. The van der Waals surface area contributed by atoms with Gasteiger partial charge in [-0.2, -0.15) is 0 Å². The van der Waals surface area contributed by atoms with E-state index >= 15 is 0 Å². The molecule has 5 N–H and O–H groups in total. The van der Waals surface area contributed by atoms with E-state index in [0.717, 1.165) is 11.3 Å². The van der Waals surface area contributed by atoms with Crippen molar-refractivity contribution < 1.29 is 9.18 Å². The van der Waals surface area contributed by atoms with Gasteiger partial charge in [-0.3, -0.25) is 4.79 Å². The van der Waals surface area contributed by atoms with E-state index in [-0.39, 0.29) is 24.1 Å². The van der Waals surface area contributed by atoms with Crippen LogP contribution in [-0.4, -0.2) is 24.0 Å². The number of benzene rings is 2. The maximum Gasteiger partial charge on any atom is 0.257 e. The Bertz CT molecular complexity index is 924. The summed E-state index contributed by atoms with van der Waals surface area (Å²) in [4.78, 5) is 15.5. The zero-order chi connectivity index (χ0) is 16.0. The molecule has 1 aliphatic rings. The van der Waals surface area contributed by atoms with Crippen LogP contribution in [0.5, 0.6) is 0 Å². The largest absolute Gasteiger partial charge is 0.383 e. The fraction of sp³-hybridized carbons (Fsp3) is 0.118. The predicted octanol–water partition coefficient (Wildman–Crippen LogP) is 3.33. The monoisotopic (exact) mass is 346 g/mol. The number of anilines is 2. The number of aromatic amines is 1. The molecule has 24 heavy (non-hydrogen) atoms. The molecular weight excluding hydrogens is 331 g/mol. The van der Waals surface area contributed by atoms with Crippen molar-refractivity contribution in [1.82, 2.24) is 4.98 Å². The number of carbonyl (C=O) groups excluding carboxylic acids is 1. The van der Waals surface area contributed by atoms with E-state index in [0.29, 0.717) is 40.8 Å². The summed E-state index contributed by atoms with van der Waals surface area (Å²) in [6.07, 6.45) is 1.79. The SMILES string of the molecule is Cl.NCCNc1cc(-c2ccc[nH]2)c2c3c(ccc(F)c13)NC2=O.